The molecule has 74 valence electrons. The van der Waals surface area contributed by atoms with Gasteiger partial charge in [-0.05, 0) is 17.7 Å². The van der Waals surface area contributed by atoms with Crippen LogP contribution in [0.4, 0.5) is 5.69 Å². The molecule has 4 nitrogen and oxygen atoms in total. The number of nitrogens with zero attached hydrogens (tertiary/aromatic N) is 1. The van der Waals surface area contributed by atoms with Gasteiger partial charge in [0.1, 0.15) is 0 Å². The molecule has 4 N–H and O–H groups in total. The fourth-order valence-corrected chi connectivity index (χ4v) is 1.42. The summed E-state index contributed by atoms with van der Waals surface area (Å²) in [7, 11) is 0. The summed E-state index contributed by atoms with van der Waals surface area (Å²) in [5.41, 5.74) is 8.41. The van der Waals surface area contributed by atoms with Gasteiger partial charge in [-0.3, -0.25) is 9.78 Å². The summed E-state index contributed by atoms with van der Waals surface area (Å²) in [5.74, 6) is 0. The maximum Gasteiger partial charge on any atom is 0.0861 e. The average molecular weight is 191 g/mol. The van der Waals surface area contributed by atoms with Gasteiger partial charge in [0.25, 0.3) is 0 Å². The van der Waals surface area contributed by atoms with Gasteiger partial charge < -0.3 is 10.8 Å². The summed E-state index contributed by atoms with van der Waals surface area (Å²) < 4.78 is 1.90. The first-order valence-corrected chi connectivity index (χ1v) is 4.47. The second-order valence-electron chi connectivity index (χ2n) is 3.30. The van der Waals surface area contributed by atoms with E-state index >= 15 is 0 Å². The van der Waals surface area contributed by atoms with Crippen LogP contribution in [0.2, 0.25) is 0 Å². The summed E-state index contributed by atoms with van der Waals surface area (Å²) in [5, 5.41) is 11.7. The van der Waals surface area contributed by atoms with Crippen LogP contribution in [0.3, 0.4) is 0 Å². The molecule has 0 bridgehead atoms. The SMILES string of the molecule is Nc1cccc(Cn2cc(CO)[nH]2)c1. The lowest BCUT2D eigenvalue weighted by molar-refractivity contribution is 0.265. The van der Waals surface area contributed by atoms with Crippen LogP contribution >= 0.6 is 0 Å². The van der Waals surface area contributed by atoms with E-state index in [1.807, 2.05) is 35.1 Å². The molecule has 0 spiro atoms. The molecular formula is C10H13N3O. The van der Waals surface area contributed by atoms with Crippen molar-refractivity contribution in [3.8, 4) is 0 Å². The summed E-state index contributed by atoms with van der Waals surface area (Å²) in [4.78, 5) is 0. The Hall–Kier alpha value is -1.68. The molecule has 1 heterocycles. The third kappa shape index (κ3) is 1.80. The minimum absolute atomic E-state index is 0.0629. The third-order valence-corrected chi connectivity index (χ3v) is 2.07. The van der Waals surface area contributed by atoms with Gasteiger partial charge in [0, 0.05) is 11.9 Å². The number of nitrogen functional groups attached to an aromatic ring is 1. The predicted molar refractivity (Wildman–Crippen MR) is 54.7 cm³/mol. The summed E-state index contributed by atoms with van der Waals surface area (Å²) in [6.07, 6.45) is 1.88. The van der Waals surface area contributed by atoms with Crippen LogP contribution in [0.5, 0.6) is 0 Å². The lowest BCUT2D eigenvalue weighted by Gasteiger charge is -2.14. The Labute approximate surface area is 81.9 Å². The molecule has 0 fully saturated rings. The van der Waals surface area contributed by atoms with Crippen molar-refractivity contribution in [1.82, 2.24) is 9.78 Å². The van der Waals surface area contributed by atoms with Crippen molar-refractivity contribution in [3.63, 3.8) is 0 Å². The highest BCUT2D eigenvalue weighted by Crippen LogP contribution is 2.09. The zero-order valence-corrected chi connectivity index (χ0v) is 7.77. The van der Waals surface area contributed by atoms with E-state index in [0.29, 0.717) is 0 Å². The van der Waals surface area contributed by atoms with E-state index < -0.39 is 0 Å². The zero-order valence-electron chi connectivity index (χ0n) is 7.77. The number of benzene rings is 1. The molecule has 14 heavy (non-hydrogen) atoms. The quantitative estimate of drug-likeness (QED) is 0.632. The Morgan fingerprint density at radius 1 is 1.43 bits per heavy atom. The van der Waals surface area contributed by atoms with Crippen LogP contribution in [0.15, 0.2) is 30.5 Å². The lowest BCUT2D eigenvalue weighted by atomic mass is 10.2. The predicted octanol–water partition coefficient (Wildman–Crippen LogP) is 0.939. The molecule has 2 aromatic rings. The topological polar surface area (TPSA) is 67.0 Å². The minimum atomic E-state index is 0.0629. The first-order chi connectivity index (χ1) is 6.78. The fraction of sp³-hybridized carbons (Fsp3) is 0.200. The normalized spacial score (nSPS) is 10.6. The number of hydrogen-bond acceptors (Lipinski definition) is 2. The number of rotatable bonds is 3. The van der Waals surface area contributed by atoms with Crippen molar-refractivity contribution in [2.45, 2.75) is 13.2 Å². The first kappa shape index (κ1) is 8.90. The largest absolute Gasteiger partial charge is 0.399 e. The lowest BCUT2D eigenvalue weighted by Crippen LogP contribution is -2.13. The van der Waals surface area contributed by atoms with E-state index in [4.69, 9.17) is 10.8 Å². The standard InChI is InChI=1S/C10H13N3O/c11-9-3-1-2-8(4-9)5-13-6-10(7-14)12-13/h1-4,6,12,14H,5,7,11H2. The van der Waals surface area contributed by atoms with Crippen LogP contribution < -0.4 is 5.73 Å². The summed E-state index contributed by atoms with van der Waals surface area (Å²) in [6, 6.07) is 7.75. The Balaban J connectivity index is 2.05. The van der Waals surface area contributed by atoms with E-state index in [9.17, 15) is 0 Å². The van der Waals surface area contributed by atoms with Crippen molar-refractivity contribution in [2.24, 2.45) is 0 Å². The Morgan fingerprint density at radius 3 is 2.86 bits per heavy atom. The molecule has 0 aliphatic carbocycles. The number of aliphatic hydroxyl groups is 1. The zero-order chi connectivity index (χ0) is 9.97. The molecule has 0 aliphatic rings. The number of hydrogen-bond donors (Lipinski definition) is 3. The van der Waals surface area contributed by atoms with Gasteiger partial charge >= 0.3 is 0 Å². The molecule has 1 aromatic heterocycles. The van der Waals surface area contributed by atoms with E-state index in [0.717, 1.165) is 23.5 Å². The van der Waals surface area contributed by atoms with Crippen molar-refractivity contribution in [1.29, 1.82) is 0 Å². The van der Waals surface area contributed by atoms with Gasteiger partial charge in [-0.15, -0.1) is 0 Å². The van der Waals surface area contributed by atoms with E-state index in [1.165, 1.54) is 0 Å². The van der Waals surface area contributed by atoms with E-state index in [-0.39, 0.29) is 6.61 Å². The van der Waals surface area contributed by atoms with Gasteiger partial charge in [-0.25, -0.2) is 0 Å². The number of anilines is 1. The molecule has 1 aromatic carbocycles. The van der Waals surface area contributed by atoms with Crippen molar-refractivity contribution >= 4 is 5.69 Å². The molecule has 4 heteroatoms. The van der Waals surface area contributed by atoms with Gasteiger partial charge in [0.2, 0.25) is 0 Å². The maximum atomic E-state index is 8.74. The summed E-state index contributed by atoms with van der Waals surface area (Å²) in [6.45, 7) is 0.821. The molecule has 2 rings (SSSR count). The number of nitrogens with one attached hydrogen (secondary N) is 1. The fourth-order valence-electron chi connectivity index (χ4n) is 1.42. The molecule has 0 atom stereocenters. The number of aromatic nitrogens is 2. The number of H-pyrrole nitrogens is 1. The average Bonchev–Trinajstić information content (AvgIpc) is 2.10. The maximum absolute atomic E-state index is 8.74. The van der Waals surface area contributed by atoms with Gasteiger partial charge in [-0.1, -0.05) is 12.1 Å². The minimum Gasteiger partial charge on any atom is -0.399 e. The molecule has 0 saturated carbocycles. The Bertz CT molecular complexity index is 404. The number of nitrogens with two attached hydrogens (primary N) is 1. The van der Waals surface area contributed by atoms with Gasteiger partial charge in [0.05, 0.1) is 18.8 Å². The smallest absolute Gasteiger partial charge is 0.0861 e. The Kier molecular flexibility index (Phi) is 2.28. The number of aromatic amines is 1. The van der Waals surface area contributed by atoms with Crippen LogP contribution in [0.25, 0.3) is 0 Å². The molecule has 0 unspecified atom stereocenters. The molecule has 0 aliphatic heterocycles. The molecule has 0 amide bonds. The highest BCUT2D eigenvalue weighted by molar-refractivity contribution is 5.40. The highest BCUT2D eigenvalue weighted by atomic mass is 16.3. The van der Waals surface area contributed by atoms with Crippen molar-refractivity contribution < 1.29 is 5.11 Å². The molecular weight excluding hydrogens is 178 g/mol. The summed E-state index contributed by atoms with van der Waals surface area (Å²) >= 11 is 0. The number of aliphatic hydroxyl groups excluding tert-OH is 1. The monoisotopic (exact) mass is 191 g/mol. The second kappa shape index (κ2) is 3.59. The van der Waals surface area contributed by atoms with Crippen LogP contribution in [-0.4, -0.2) is 14.9 Å². The second-order valence-corrected chi connectivity index (χ2v) is 3.30. The first-order valence-electron chi connectivity index (χ1n) is 4.47. The van der Waals surface area contributed by atoms with E-state index in [2.05, 4.69) is 5.10 Å². The van der Waals surface area contributed by atoms with Gasteiger partial charge in [0.15, 0.2) is 0 Å². The highest BCUT2D eigenvalue weighted by Gasteiger charge is 2.00. The molecule has 0 saturated heterocycles. The third-order valence-electron chi connectivity index (χ3n) is 2.07. The van der Waals surface area contributed by atoms with E-state index in [1.54, 1.807) is 0 Å². The van der Waals surface area contributed by atoms with Crippen LogP contribution in [-0.2, 0) is 13.2 Å². The van der Waals surface area contributed by atoms with Crippen LogP contribution in [0.1, 0.15) is 11.3 Å². The molecule has 0 radical (unpaired) electrons. The Morgan fingerprint density at radius 2 is 2.21 bits per heavy atom. The van der Waals surface area contributed by atoms with Crippen LogP contribution in [0, 0.1) is 0 Å². The van der Waals surface area contributed by atoms with Gasteiger partial charge in [-0.2, -0.15) is 0 Å². The van der Waals surface area contributed by atoms with Crippen molar-refractivity contribution in [2.75, 3.05) is 5.73 Å². The van der Waals surface area contributed by atoms with Crippen molar-refractivity contribution in [3.05, 3.63) is 41.7 Å².